The number of aliphatic carboxylic acids is 1. The van der Waals surface area contributed by atoms with E-state index in [0.29, 0.717) is 4.47 Å². The van der Waals surface area contributed by atoms with E-state index in [1.807, 2.05) is 0 Å². The molecule has 1 aromatic carbocycles. The second-order valence-corrected chi connectivity index (χ2v) is 4.73. The van der Waals surface area contributed by atoms with Gasteiger partial charge in [0.2, 0.25) is 0 Å². The number of rotatable bonds is 2. The Hall–Kier alpha value is -1.01. The highest BCUT2D eigenvalue weighted by Crippen LogP contribution is 2.41. The molecule has 6 heteroatoms. The predicted octanol–water partition coefficient (Wildman–Crippen LogP) is 3.11. The van der Waals surface area contributed by atoms with Gasteiger partial charge in [0.05, 0.1) is 8.95 Å². The van der Waals surface area contributed by atoms with E-state index in [1.54, 1.807) is 0 Å². The smallest absolute Gasteiger partial charge is 0.331 e. The van der Waals surface area contributed by atoms with E-state index >= 15 is 0 Å². The molecule has 0 saturated carbocycles. The largest absolute Gasteiger partial charge is 0.507 e. The Labute approximate surface area is 108 Å². The zero-order valence-electron chi connectivity index (χ0n) is 8.16. The molecule has 0 spiro atoms. The molecule has 0 atom stereocenters. The Balaban J connectivity index is 3.41. The first-order valence-electron chi connectivity index (χ1n) is 4.16. The molecule has 1 aromatic rings. The second-order valence-electron chi connectivity index (χ2n) is 3.09. The summed E-state index contributed by atoms with van der Waals surface area (Å²) in [5.41, 5.74) is 0.276. The van der Waals surface area contributed by atoms with Crippen molar-refractivity contribution in [2.75, 3.05) is 0 Å². The lowest BCUT2D eigenvalue weighted by atomic mass is 10.1. The summed E-state index contributed by atoms with van der Waals surface area (Å²) >= 11 is 6.13. The fourth-order valence-electron chi connectivity index (χ4n) is 1.03. The number of phenolic OH excluding ortho intramolecular Hbond substituents is 2. The average molecular weight is 352 g/mol. The number of carbonyl (C=O) groups is 1. The van der Waals surface area contributed by atoms with Crippen molar-refractivity contribution in [3.8, 4) is 11.5 Å². The first-order chi connectivity index (χ1) is 7.34. The van der Waals surface area contributed by atoms with Crippen molar-refractivity contribution in [1.29, 1.82) is 0 Å². The maximum atomic E-state index is 10.6. The second kappa shape index (κ2) is 4.88. The number of phenols is 2. The molecule has 0 fully saturated rings. The Morgan fingerprint density at radius 1 is 1.38 bits per heavy atom. The molecular weight excluding hydrogens is 344 g/mol. The first-order valence-corrected chi connectivity index (χ1v) is 5.74. The zero-order chi connectivity index (χ0) is 12.5. The van der Waals surface area contributed by atoms with Crippen LogP contribution in [0.15, 0.2) is 20.6 Å². The van der Waals surface area contributed by atoms with Crippen LogP contribution in [-0.4, -0.2) is 21.3 Å². The van der Waals surface area contributed by atoms with Gasteiger partial charge in [-0.05, 0) is 50.9 Å². The Kier molecular flexibility index (Phi) is 3.98. The molecule has 16 heavy (non-hydrogen) atoms. The van der Waals surface area contributed by atoms with Crippen LogP contribution in [0.2, 0.25) is 0 Å². The molecule has 86 valence electrons. The summed E-state index contributed by atoms with van der Waals surface area (Å²) in [7, 11) is 0. The molecule has 0 aliphatic heterocycles. The summed E-state index contributed by atoms with van der Waals surface area (Å²) in [5, 5.41) is 27.9. The van der Waals surface area contributed by atoms with Gasteiger partial charge >= 0.3 is 5.97 Å². The van der Waals surface area contributed by atoms with E-state index in [0.717, 1.165) is 0 Å². The van der Waals surface area contributed by atoms with Crippen molar-refractivity contribution in [2.24, 2.45) is 0 Å². The molecule has 0 heterocycles. The standard InChI is InChI=1S/C10H8Br2O4/c1-4(10(15)16)2-5-7(13)3-6(11)9(14)8(5)12/h2-3,13-14H,1H3,(H,15,16)/b4-2+. The number of halogens is 2. The summed E-state index contributed by atoms with van der Waals surface area (Å²) in [5.74, 6) is -1.31. The summed E-state index contributed by atoms with van der Waals surface area (Å²) in [6.45, 7) is 1.40. The van der Waals surface area contributed by atoms with E-state index < -0.39 is 5.97 Å². The van der Waals surface area contributed by atoms with Crippen LogP contribution in [0.1, 0.15) is 12.5 Å². The molecule has 0 amide bonds. The molecule has 1 rings (SSSR count). The fraction of sp³-hybridized carbons (Fsp3) is 0.100. The fourth-order valence-corrected chi connectivity index (χ4v) is 2.24. The summed E-state index contributed by atoms with van der Waals surface area (Å²) < 4.78 is 0.557. The number of benzene rings is 1. The number of carboxylic acid groups (broad SMARTS) is 1. The molecule has 0 aromatic heterocycles. The van der Waals surface area contributed by atoms with Gasteiger partial charge in [0.15, 0.2) is 0 Å². The van der Waals surface area contributed by atoms with Crippen LogP contribution in [0, 0.1) is 0 Å². The van der Waals surface area contributed by atoms with Gasteiger partial charge in [-0.15, -0.1) is 0 Å². The minimum Gasteiger partial charge on any atom is -0.507 e. The third-order valence-corrected chi connectivity index (χ3v) is 3.32. The summed E-state index contributed by atoms with van der Waals surface area (Å²) in [6.07, 6.45) is 1.27. The maximum absolute atomic E-state index is 10.6. The van der Waals surface area contributed by atoms with Gasteiger partial charge in [-0.3, -0.25) is 0 Å². The molecule has 0 unspecified atom stereocenters. The highest BCUT2D eigenvalue weighted by Gasteiger charge is 2.13. The third kappa shape index (κ3) is 2.56. The van der Waals surface area contributed by atoms with E-state index in [-0.39, 0.29) is 27.1 Å². The summed E-state index contributed by atoms with van der Waals surface area (Å²) in [4.78, 5) is 10.6. The van der Waals surface area contributed by atoms with Crippen LogP contribution in [0.4, 0.5) is 0 Å². The van der Waals surface area contributed by atoms with Crippen molar-refractivity contribution in [3.63, 3.8) is 0 Å². The maximum Gasteiger partial charge on any atom is 0.331 e. The number of hydrogen-bond acceptors (Lipinski definition) is 3. The van der Waals surface area contributed by atoms with Crippen LogP contribution >= 0.6 is 31.9 Å². The SMILES string of the molecule is C/C(=C\c1c(O)cc(Br)c(O)c1Br)C(=O)O. The van der Waals surface area contributed by atoms with E-state index in [1.165, 1.54) is 19.1 Å². The minimum atomic E-state index is -1.09. The van der Waals surface area contributed by atoms with Crippen LogP contribution in [0.5, 0.6) is 11.5 Å². The average Bonchev–Trinajstić information content (AvgIpc) is 2.20. The number of carboxylic acids is 1. The zero-order valence-corrected chi connectivity index (χ0v) is 11.3. The topological polar surface area (TPSA) is 77.8 Å². The quantitative estimate of drug-likeness (QED) is 0.565. The van der Waals surface area contributed by atoms with Crippen molar-refractivity contribution in [2.45, 2.75) is 6.92 Å². The highest BCUT2D eigenvalue weighted by atomic mass is 79.9. The predicted molar refractivity (Wildman–Crippen MR) is 66.5 cm³/mol. The molecule has 3 N–H and O–H groups in total. The van der Waals surface area contributed by atoms with Crippen LogP contribution in [0.3, 0.4) is 0 Å². The number of hydrogen-bond donors (Lipinski definition) is 3. The molecule has 0 aliphatic rings. The van der Waals surface area contributed by atoms with E-state index in [9.17, 15) is 15.0 Å². The van der Waals surface area contributed by atoms with Gasteiger partial charge in [-0.25, -0.2) is 4.79 Å². The van der Waals surface area contributed by atoms with Crippen LogP contribution in [-0.2, 0) is 4.79 Å². The van der Waals surface area contributed by atoms with Gasteiger partial charge in [0.1, 0.15) is 11.5 Å². The van der Waals surface area contributed by atoms with Crippen LogP contribution in [0.25, 0.3) is 6.08 Å². The molecule has 4 nitrogen and oxygen atoms in total. The van der Waals surface area contributed by atoms with Gasteiger partial charge < -0.3 is 15.3 Å². The van der Waals surface area contributed by atoms with E-state index in [2.05, 4.69) is 31.9 Å². The third-order valence-electron chi connectivity index (χ3n) is 1.91. The monoisotopic (exact) mass is 350 g/mol. The normalized spacial score (nSPS) is 11.6. The summed E-state index contributed by atoms with van der Waals surface area (Å²) in [6, 6.07) is 1.29. The van der Waals surface area contributed by atoms with Crippen molar-refractivity contribution in [3.05, 3.63) is 26.1 Å². The van der Waals surface area contributed by atoms with Gasteiger partial charge in [-0.2, -0.15) is 0 Å². The Morgan fingerprint density at radius 3 is 2.44 bits per heavy atom. The van der Waals surface area contributed by atoms with Gasteiger partial charge in [-0.1, -0.05) is 0 Å². The molecular formula is C10H8Br2O4. The lowest BCUT2D eigenvalue weighted by molar-refractivity contribution is -0.132. The molecule has 0 radical (unpaired) electrons. The van der Waals surface area contributed by atoms with E-state index in [4.69, 9.17) is 5.11 Å². The van der Waals surface area contributed by atoms with Crippen molar-refractivity contribution >= 4 is 43.9 Å². The molecule has 0 bridgehead atoms. The lowest BCUT2D eigenvalue weighted by Crippen LogP contribution is -1.96. The van der Waals surface area contributed by atoms with Gasteiger partial charge in [0, 0.05) is 11.1 Å². The molecule has 0 aliphatic carbocycles. The minimum absolute atomic E-state index is 0.0534. The lowest BCUT2D eigenvalue weighted by Gasteiger charge is -2.07. The first kappa shape index (κ1) is 13.1. The van der Waals surface area contributed by atoms with Crippen LogP contribution < -0.4 is 0 Å². The van der Waals surface area contributed by atoms with Gasteiger partial charge in [0.25, 0.3) is 0 Å². The number of aromatic hydroxyl groups is 2. The molecule has 0 saturated heterocycles. The van der Waals surface area contributed by atoms with Crippen molar-refractivity contribution in [1.82, 2.24) is 0 Å². The highest BCUT2D eigenvalue weighted by molar-refractivity contribution is 9.11. The van der Waals surface area contributed by atoms with Crippen molar-refractivity contribution < 1.29 is 20.1 Å². The Bertz CT molecular complexity index is 480. The Morgan fingerprint density at radius 2 is 1.94 bits per heavy atom.